The second-order valence-corrected chi connectivity index (χ2v) is 6.77. The highest BCUT2D eigenvalue weighted by molar-refractivity contribution is 5.94. The van der Waals surface area contributed by atoms with Crippen LogP contribution in [-0.4, -0.2) is 28.9 Å². The van der Waals surface area contributed by atoms with E-state index >= 15 is 0 Å². The Bertz CT molecular complexity index is 842. The average Bonchev–Trinajstić information content (AvgIpc) is 3.13. The third-order valence-corrected chi connectivity index (χ3v) is 5.11. The molecule has 0 unspecified atom stereocenters. The molecular weight excluding hydrogens is 324 g/mol. The maximum absolute atomic E-state index is 12.9. The van der Waals surface area contributed by atoms with Gasteiger partial charge in [0.25, 0.3) is 5.91 Å². The molecule has 3 heterocycles. The van der Waals surface area contributed by atoms with E-state index < -0.39 is 0 Å². The van der Waals surface area contributed by atoms with Crippen LogP contribution in [0.5, 0.6) is 0 Å². The highest BCUT2D eigenvalue weighted by Gasteiger charge is 2.22. The van der Waals surface area contributed by atoms with Crippen LogP contribution >= 0.6 is 0 Å². The number of carbonyl (C=O) groups excluding carboxylic acids is 1. The fourth-order valence-corrected chi connectivity index (χ4v) is 3.64. The quantitative estimate of drug-likeness (QED) is 0.687. The normalized spacial score (nSPS) is 17.7. The second-order valence-electron chi connectivity index (χ2n) is 6.77. The second kappa shape index (κ2) is 7.56. The number of benzene rings is 1. The minimum absolute atomic E-state index is 0.0740. The molecule has 4 rings (SSSR count). The summed E-state index contributed by atoms with van der Waals surface area (Å²) in [6.45, 7) is 1.60. The number of carbonyl (C=O) groups is 1. The van der Waals surface area contributed by atoms with Crippen molar-refractivity contribution in [2.24, 2.45) is 0 Å². The number of hydrogen-bond donors (Lipinski definition) is 0. The van der Waals surface area contributed by atoms with Gasteiger partial charge in [0.05, 0.1) is 23.8 Å². The Balaban J connectivity index is 1.43. The molecule has 3 aromatic rings. The zero-order valence-corrected chi connectivity index (χ0v) is 14.7. The van der Waals surface area contributed by atoms with E-state index in [1.165, 1.54) is 5.56 Å². The summed E-state index contributed by atoms with van der Waals surface area (Å²) in [4.78, 5) is 19.2. The molecule has 0 aliphatic carbocycles. The molecule has 0 spiro atoms. The van der Waals surface area contributed by atoms with Gasteiger partial charge in [-0.15, -0.1) is 0 Å². The van der Waals surface area contributed by atoms with Gasteiger partial charge in [0.2, 0.25) is 0 Å². The molecule has 2 aromatic heterocycles. The van der Waals surface area contributed by atoms with Crippen molar-refractivity contribution in [1.82, 2.24) is 9.88 Å². The average molecular weight is 346 g/mol. The molecule has 1 atom stereocenters. The summed E-state index contributed by atoms with van der Waals surface area (Å²) < 4.78 is 5.09. The fraction of sp³-hybridized carbons (Fsp3) is 0.273. The summed E-state index contributed by atoms with van der Waals surface area (Å²) >= 11 is 0. The molecule has 0 saturated carbocycles. The number of aromatic nitrogens is 1. The Kier molecular flexibility index (Phi) is 4.82. The van der Waals surface area contributed by atoms with Crippen LogP contribution in [-0.2, 0) is 0 Å². The van der Waals surface area contributed by atoms with Crippen LogP contribution in [0.25, 0.3) is 11.3 Å². The number of nitrogens with zero attached hydrogens (tertiary/aromatic N) is 2. The zero-order valence-electron chi connectivity index (χ0n) is 14.7. The van der Waals surface area contributed by atoms with Crippen molar-refractivity contribution in [2.75, 3.05) is 13.1 Å². The number of likely N-dealkylation sites (tertiary alicyclic amines) is 1. The van der Waals surface area contributed by atoms with Gasteiger partial charge < -0.3 is 9.32 Å². The Hall–Kier alpha value is -2.88. The van der Waals surface area contributed by atoms with Crippen LogP contribution in [0.1, 0.15) is 41.1 Å². The summed E-state index contributed by atoms with van der Waals surface area (Å²) in [5.41, 5.74) is 3.77. The first-order valence-corrected chi connectivity index (χ1v) is 9.14. The number of furan rings is 1. The van der Waals surface area contributed by atoms with Crippen LogP contribution in [0.3, 0.4) is 0 Å². The van der Waals surface area contributed by atoms with Gasteiger partial charge in [-0.1, -0.05) is 30.3 Å². The van der Waals surface area contributed by atoms with E-state index in [1.54, 1.807) is 18.7 Å². The molecule has 1 saturated heterocycles. The van der Waals surface area contributed by atoms with Crippen molar-refractivity contribution >= 4 is 5.91 Å². The molecule has 1 amide bonds. The minimum atomic E-state index is 0.0740. The Morgan fingerprint density at radius 3 is 2.65 bits per heavy atom. The van der Waals surface area contributed by atoms with Crippen molar-refractivity contribution in [3.63, 3.8) is 0 Å². The molecule has 26 heavy (non-hydrogen) atoms. The first kappa shape index (κ1) is 16.6. The molecule has 4 heteroatoms. The molecule has 132 valence electrons. The van der Waals surface area contributed by atoms with Crippen LogP contribution in [0.15, 0.2) is 71.7 Å². The Labute approximate surface area is 153 Å². The third-order valence-electron chi connectivity index (χ3n) is 5.11. The molecule has 1 aromatic carbocycles. The summed E-state index contributed by atoms with van der Waals surface area (Å²) in [7, 11) is 0. The van der Waals surface area contributed by atoms with Crippen molar-refractivity contribution in [2.45, 2.75) is 25.2 Å². The third kappa shape index (κ3) is 3.54. The highest BCUT2D eigenvalue weighted by atomic mass is 16.3. The minimum Gasteiger partial charge on any atom is -0.472 e. The van der Waals surface area contributed by atoms with E-state index in [0.29, 0.717) is 11.5 Å². The first-order valence-electron chi connectivity index (χ1n) is 9.14. The first-order chi connectivity index (χ1) is 12.8. The number of pyridine rings is 1. The summed E-state index contributed by atoms with van der Waals surface area (Å²) in [5.74, 6) is 0.612. The van der Waals surface area contributed by atoms with Gasteiger partial charge in [0.15, 0.2) is 0 Å². The van der Waals surface area contributed by atoms with Crippen molar-refractivity contribution in [1.29, 1.82) is 0 Å². The van der Waals surface area contributed by atoms with Crippen molar-refractivity contribution in [3.05, 3.63) is 78.4 Å². The predicted octanol–water partition coefficient (Wildman–Crippen LogP) is 4.75. The van der Waals surface area contributed by atoms with E-state index in [4.69, 9.17) is 4.42 Å². The number of amides is 1. The standard InChI is InChI=1S/C22H22N2O2/c25-22(19-8-9-21(23-15-19)20-11-14-26-16-20)24-12-4-7-18(10-13-24)17-5-2-1-3-6-17/h1-3,5-6,8-9,11,14-16,18H,4,7,10,12-13H2/t18-/m1/s1. The number of hydrogen-bond acceptors (Lipinski definition) is 3. The molecule has 0 bridgehead atoms. The van der Waals surface area contributed by atoms with Crippen LogP contribution in [0.2, 0.25) is 0 Å². The molecule has 0 radical (unpaired) electrons. The zero-order chi connectivity index (χ0) is 17.8. The molecule has 1 fully saturated rings. The van der Waals surface area contributed by atoms with Gasteiger partial charge in [-0.2, -0.15) is 0 Å². The van der Waals surface area contributed by atoms with E-state index in [-0.39, 0.29) is 5.91 Å². The largest absolute Gasteiger partial charge is 0.472 e. The van der Waals surface area contributed by atoms with Gasteiger partial charge in [0.1, 0.15) is 0 Å². The van der Waals surface area contributed by atoms with Gasteiger partial charge in [-0.3, -0.25) is 9.78 Å². The lowest BCUT2D eigenvalue weighted by molar-refractivity contribution is 0.0760. The SMILES string of the molecule is O=C(c1ccc(-c2ccoc2)nc1)N1CCC[C@@H](c2ccccc2)CC1. The predicted molar refractivity (Wildman–Crippen MR) is 101 cm³/mol. The molecular formula is C22H22N2O2. The van der Waals surface area contributed by atoms with Crippen molar-refractivity contribution < 1.29 is 9.21 Å². The van der Waals surface area contributed by atoms with Gasteiger partial charge >= 0.3 is 0 Å². The summed E-state index contributed by atoms with van der Waals surface area (Å²) in [5, 5.41) is 0. The topological polar surface area (TPSA) is 46.3 Å². The van der Waals surface area contributed by atoms with Crippen molar-refractivity contribution in [3.8, 4) is 11.3 Å². The van der Waals surface area contributed by atoms with Crippen LogP contribution in [0, 0.1) is 0 Å². The lowest BCUT2D eigenvalue weighted by Crippen LogP contribution is -2.32. The molecule has 0 N–H and O–H groups in total. The molecule has 1 aliphatic heterocycles. The maximum Gasteiger partial charge on any atom is 0.255 e. The monoisotopic (exact) mass is 346 g/mol. The maximum atomic E-state index is 12.9. The van der Waals surface area contributed by atoms with Crippen LogP contribution in [0.4, 0.5) is 0 Å². The van der Waals surface area contributed by atoms with Gasteiger partial charge in [0, 0.05) is 24.8 Å². The molecule has 1 aliphatic rings. The smallest absolute Gasteiger partial charge is 0.255 e. The fourth-order valence-electron chi connectivity index (χ4n) is 3.64. The number of rotatable bonds is 3. The molecule has 4 nitrogen and oxygen atoms in total. The lowest BCUT2D eigenvalue weighted by atomic mass is 9.92. The summed E-state index contributed by atoms with van der Waals surface area (Å²) in [6.07, 6.45) is 8.12. The van der Waals surface area contributed by atoms with E-state index in [2.05, 4.69) is 35.3 Å². The highest BCUT2D eigenvalue weighted by Crippen LogP contribution is 2.28. The van der Waals surface area contributed by atoms with Gasteiger partial charge in [-0.05, 0) is 48.9 Å². The van der Waals surface area contributed by atoms with Crippen LogP contribution < -0.4 is 0 Å². The van der Waals surface area contributed by atoms with Gasteiger partial charge in [-0.25, -0.2) is 0 Å². The van der Waals surface area contributed by atoms with E-state index in [1.807, 2.05) is 23.1 Å². The van der Waals surface area contributed by atoms with E-state index in [0.717, 1.165) is 43.6 Å². The Morgan fingerprint density at radius 1 is 1.04 bits per heavy atom. The Morgan fingerprint density at radius 2 is 1.92 bits per heavy atom. The van der Waals surface area contributed by atoms with E-state index in [9.17, 15) is 4.79 Å². The lowest BCUT2D eigenvalue weighted by Gasteiger charge is -2.20. The summed E-state index contributed by atoms with van der Waals surface area (Å²) in [6, 6.07) is 16.2.